The van der Waals surface area contributed by atoms with E-state index in [0.717, 1.165) is 32.6 Å². The van der Waals surface area contributed by atoms with E-state index >= 15 is 0 Å². The highest BCUT2D eigenvalue weighted by Crippen LogP contribution is 2.23. The van der Waals surface area contributed by atoms with Gasteiger partial charge in [-0.05, 0) is 25.8 Å². The molecule has 2 aliphatic heterocycles. The summed E-state index contributed by atoms with van der Waals surface area (Å²) in [4.78, 5) is 31.0. The van der Waals surface area contributed by atoms with Crippen LogP contribution in [-0.2, 0) is 9.59 Å². The minimum absolute atomic E-state index is 0.149. The van der Waals surface area contributed by atoms with Crippen LogP contribution in [0.25, 0.3) is 0 Å². The number of hydrogen-bond donors (Lipinski definition) is 2. The first-order valence-corrected chi connectivity index (χ1v) is 9.97. The third kappa shape index (κ3) is 4.86. The van der Waals surface area contributed by atoms with Gasteiger partial charge in [-0.25, -0.2) is 10.9 Å². The van der Waals surface area contributed by atoms with Crippen LogP contribution in [0.5, 0.6) is 0 Å². The molecule has 0 spiro atoms. The monoisotopic (exact) mass is 373 g/mol. The normalized spacial score (nSPS) is 23.4. The van der Waals surface area contributed by atoms with Crippen molar-refractivity contribution in [2.45, 2.75) is 32.4 Å². The number of nitrogens with one attached hydrogen (secondary N) is 2. The molecule has 7 heteroatoms. The third-order valence-corrected chi connectivity index (χ3v) is 5.56. The van der Waals surface area contributed by atoms with Crippen molar-refractivity contribution in [1.82, 2.24) is 25.6 Å². The fourth-order valence-electron chi connectivity index (χ4n) is 3.84. The second-order valence-corrected chi connectivity index (χ2v) is 7.21. The summed E-state index contributed by atoms with van der Waals surface area (Å²) in [6, 6.07) is 10.2. The minimum atomic E-state index is -0.195. The van der Waals surface area contributed by atoms with Crippen molar-refractivity contribution in [3.8, 4) is 0 Å². The molecule has 2 heterocycles. The molecule has 2 aliphatic rings. The van der Waals surface area contributed by atoms with Crippen LogP contribution >= 0.6 is 0 Å². The van der Waals surface area contributed by atoms with Crippen molar-refractivity contribution in [1.29, 1.82) is 0 Å². The molecule has 2 amide bonds. The van der Waals surface area contributed by atoms with Crippen molar-refractivity contribution >= 4 is 11.8 Å². The molecule has 0 aromatic heterocycles. The number of hydrogen-bond acceptors (Lipinski definition) is 5. The van der Waals surface area contributed by atoms with Crippen molar-refractivity contribution in [2.24, 2.45) is 0 Å². The topological polar surface area (TPSA) is 67.9 Å². The molecule has 3 rings (SSSR count). The second-order valence-electron chi connectivity index (χ2n) is 7.21. The van der Waals surface area contributed by atoms with Gasteiger partial charge in [0, 0.05) is 45.3 Å². The van der Waals surface area contributed by atoms with E-state index < -0.39 is 0 Å². The highest BCUT2D eigenvalue weighted by molar-refractivity contribution is 5.82. The van der Waals surface area contributed by atoms with Crippen LogP contribution in [0.4, 0.5) is 0 Å². The number of nitrogens with zero attached hydrogens (tertiary/aromatic N) is 3. The van der Waals surface area contributed by atoms with Crippen molar-refractivity contribution in [3.05, 3.63) is 35.9 Å². The molecule has 2 fully saturated rings. The summed E-state index contributed by atoms with van der Waals surface area (Å²) in [5.74, 6) is 0.322. The van der Waals surface area contributed by atoms with E-state index in [1.807, 2.05) is 41.8 Å². The quantitative estimate of drug-likeness (QED) is 0.765. The van der Waals surface area contributed by atoms with E-state index in [4.69, 9.17) is 0 Å². The predicted molar refractivity (Wildman–Crippen MR) is 105 cm³/mol. The maximum absolute atomic E-state index is 12.8. The van der Waals surface area contributed by atoms with Gasteiger partial charge in [0.25, 0.3) is 0 Å². The Morgan fingerprint density at radius 3 is 2.33 bits per heavy atom. The van der Waals surface area contributed by atoms with Gasteiger partial charge in [-0.2, -0.15) is 0 Å². The van der Waals surface area contributed by atoms with Gasteiger partial charge < -0.3 is 9.80 Å². The first kappa shape index (κ1) is 19.8. The molecule has 0 saturated carbocycles. The lowest BCUT2D eigenvalue weighted by Gasteiger charge is -2.36. The Balaban J connectivity index is 1.46. The summed E-state index contributed by atoms with van der Waals surface area (Å²) in [6.45, 7) is 8.81. The molecule has 1 aromatic carbocycles. The second kappa shape index (κ2) is 9.30. The average Bonchev–Trinajstić information content (AvgIpc) is 3.20. The molecule has 2 saturated heterocycles. The molecular weight excluding hydrogens is 342 g/mol. The maximum atomic E-state index is 12.8. The molecular formula is C20H31N5O2. The highest BCUT2D eigenvalue weighted by atomic mass is 16.2. The van der Waals surface area contributed by atoms with Gasteiger partial charge in [0.1, 0.15) is 6.04 Å². The van der Waals surface area contributed by atoms with Crippen molar-refractivity contribution < 1.29 is 9.59 Å². The Morgan fingerprint density at radius 2 is 1.70 bits per heavy atom. The third-order valence-electron chi connectivity index (χ3n) is 5.56. The summed E-state index contributed by atoms with van der Waals surface area (Å²) in [5, 5.41) is 0. The van der Waals surface area contributed by atoms with Gasteiger partial charge in [0.15, 0.2) is 0 Å². The van der Waals surface area contributed by atoms with Crippen LogP contribution < -0.4 is 10.9 Å². The number of piperazine rings is 1. The molecule has 2 atom stereocenters. The lowest BCUT2D eigenvalue weighted by molar-refractivity contribution is -0.136. The number of likely N-dealkylation sites (N-methyl/N-ethyl adjacent to an activating group) is 1. The van der Waals surface area contributed by atoms with Crippen molar-refractivity contribution in [3.63, 3.8) is 0 Å². The number of carbonyl (C=O) groups is 2. The largest absolute Gasteiger partial charge is 0.342 e. The van der Waals surface area contributed by atoms with E-state index in [-0.39, 0.29) is 23.9 Å². The molecule has 0 radical (unpaired) electrons. The number of hydrazine groups is 1. The lowest BCUT2D eigenvalue weighted by atomic mass is 10.0. The van der Waals surface area contributed by atoms with Gasteiger partial charge in [0.05, 0.1) is 6.54 Å². The van der Waals surface area contributed by atoms with Crippen LogP contribution in [0, 0.1) is 0 Å². The van der Waals surface area contributed by atoms with E-state index in [2.05, 4.69) is 27.9 Å². The van der Waals surface area contributed by atoms with E-state index in [9.17, 15) is 9.59 Å². The first-order valence-electron chi connectivity index (χ1n) is 9.97. The number of amides is 2. The number of rotatable bonds is 6. The summed E-state index contributed by atoms with van der Waals surface area (Å²) in [7, 11) is 0. The summed E-state index contributed by atoms with van der Waals surface area (Å²) < 4.78 is 0. The van der Waals surface area contributed by atoms with Gasteiger partial charge in [-0.15, -0.1) is 0 Å². The average molecular weight is 374 g/mol. The van der Waals surface area contributed by atoms with E-state index in [1.54, 1.807) is 0 Å². The fourth-order valence-corrected chi connectivity index (χ4v) is 3.84. The Bertz CT molecular complexity index is 627. The number of benzene rings is 1. The Morgan fingerprint density at radius 1 is 1.04 bits per heavy atom. The van der Waals surface area contributed by atoms with E-state index in [0.29, 0.717) is 19.6 Å². The molecule has 148 valence electrons. The van der Waals surface area contributed by atoms with Crippen LogP contribution in [0.15, 0.2) is 30.3 Å². The first-order chi connectivity index (χ1) is 13.1. The molecule has 1 aromatic rings. The van der Waals surface area contributed by atoms with Crippen LogP contribution in [-0.4, -0.2) is 78.4 Å². The van der Waals surface area contributed by atoms with Gasteiger partial charge in [0.2, 0.25) is 11.8 Å². The zero-order chi connectivity index (χ0) is 19.2. The minimum Gasteiger partial charge on any atom is -0.342 e. The van der Waals surface area contributed by atoms with Crippen molar-refractivity contribution in [2.75, 3.05) is 45.8 Å². The zero-order valence-electron chi connectivity index (χ0n) is 16.4. The van der Waals surface area contributed by atoms with Gasteiger partial charge in [-0.1, -0.05) is 30.3 Å². The van der Waals surface area contributed by atoms with Crippen LogP contribution in [0.1, 0.15) is 31.9 Å². The zero-order valence-corrected chi connectivity index (χ0v) is 16.4. The molecule has 7 nitrogen and oxygen atoms in total. The molecule has 27 heavy (non-hydrogen) atoms. The SMILES string of the molecule is CCN(CC)C(=O)CN1CCN(C(=O)C2CC(c3ccccc3)NN2)CC1. The Kier molecular flexibility index (Phi) is 6.82. The van der Waals surface area contributed by atoms with Crippen LogP contribution in [0.3, 0.4) is 0 Å². The number of carbonyl (C=O) groups excluding carboxylic acids is 2. The van der Waals surface area contributed by atoms with E-state index in [1.165, 1.54) is 5.56 Å². The molecule has 0 bridgehead atoms. The predicted octanol–water partition coefficient (Wildman–Crippen LogP) is 0.607. The lowest BCUT2D eigenvalue weighted by Crippen LogP contribution is -2.55. The Hall–Kier alpha value is -1.96. The summed E-state index contributed by atoms with van der Waals surface area (Å²) in [5.41, 5.74) is 7.60. The summed E-state index contributed by atoms with van der Waals surface area (Å²) >= 11 is 0. The highest BCUT2D eigenvalue weighted by Gasteiger charge is 2.34. The molecule has 0 aliphatic carbocycles. The van der Waals surface area contributed by atoms with Crippen LogP contribution in [0.2, 0.25) is 0 Å². The van der Waals surface area contributed by atoms with Gasteiger partial charge >= 0.3 is 0 Å². The van der Waals surface area contributed by atoms with Gasteiger partial charge in [-0.3, -0.25) is 14.5 Å². The standard InChI is InChI=1S/C20H31N5O2/c1-3-24(4-2)19(26)15-23-10-12-25(13-11-23)20(27)18-14-17(21-22-18)16-8-6-5-7-9-16/h5-9,17-18,21-22H,3-4,10-15H2,1-2H3. The fraction of sp³-hybridized carbons (Fsp3) is 0.600. The molecule has 2 N–H and O–H groups in total. The molecule has 2 unspecified atom stereocenters. The smallest absolute Gasteiger partial charge is 0.241 e. The maximum Gasteiger partial charge on any atom is 0.241 e. The summed E-state index contributed by atoms with van der Waals surface area (Å²) in [6.07, 6.45) is 0.753. The Labute approximate surface area is 161 Å².